The van der Waals surface area contributed by atoms with Crippen LogP contribution < -0.4 is 0 Å². The average Bonchev–Trinajstić information content (AvgIpc) is 2.85. The van der Waals surface area contributed by atoms with Gasteiger partial charge in [0, 0.05) is 32.6 Å². The lowest BCUT2D eigenvalue weighted by Gasteiger charge is -2.56. The first-order chi connectivity index (χ1) is 11.1. The highest BCUT2D eigenvalue weighted by molar-refractivity contribution is 6.31. The molecule has 4 fully saturated rings. The average molecular weight is 328 g/mol. The second-order valence-electron chi connectivity index (χ2n) is 8.37. The smallest absolute Gasteiger partial charge is 0.152 e. The normalized spacial score (nSPS) is 35.1. The van der Waals surface area contributed by atoms with Crippen LogP contribution in [0.4, 0.5) is 0 Å². The number of aryl methyl sites for hydroxylation is 1. The van der Waals surface area contributed by atoms with E-state index in [-0.39, 0.29) is 5.41 Å². The Morgan fingerprint density at radius 1 is 1.13 bits per heavy atom. The van der Waals surface area contributed by atoms with E-state index in [2.05, 4.69) is 11.9 Å². The maximum Gasteiger partial charge on any atom is 0.152 e. The minimum atomic E-state index is 0.211. The fourth-order valence-corrected chi connectivity index (χ4v) is 6.68. The van der Waals surface area contributed by atoms with Gasteiger partial charge in [-0.3, -0.25) is 4.79 Å². The first-order valence-corrected chi connectivity index (χ1v) is 9.23. The molecular formula is C20H22ClNO. The van der Waals surface area contributed by atoms with Gasteiger partial charge in [-0.05, 0) is 80.9 Å². The Morgan fingerprint density at radius 3 is 2.30 bits per heavy atom. The van der Waals surface area contributed by atoms with Crippen LogP contribution in [-0.2, 0) is 5.41 Å². The molecule has 6 rings (SSSR count). The molecule has 0 aliphatic heterocycles. The zero-order chi connectivity index (χ0) is 15.8. The molecule has 1 heterocycles. The Bertz CT molecular complexity index is 783. The molecule has 1 aromatic carbocycles. The van der Waals surface area contributed by atoms with Crippen molar-refractivity contribution < 1.29 is 4.79 Å². The monoisotopic (exact) mass is 327 g/mol. The van der Waals surface area contributed by atoms with E-state index in [0.717, 1.165) is 46.1 Å². The van der Waals surface area contributed by atoms with E-state index in [1.165, 1.54) is 44.2 Å². The summed E-state index contributed by atoms with van der Waals surface area (Å²) in [5.74, 6) is 2.62. The molecule has 0 amide bonds. The Kier molecular flexibility index (Phi) is 2.84. The lowest BCUT2D eigenvalue weighted by molar-refractivity contribution is -0.00710. The number of nitrogens with one attached hydrogen (secondary N) is 1. The lowest BCUT2D eigenvalue weighted by atomic mass is 9.48. The van der Waals surface area contributed by atoms with Crippen molar-refractivity contribution in [2.75, 3.05) is 0 Å². The molecule has 4 aliphatic rings. The molecule has 0 radical (unpaired) electrons. The molecule has 2 aromatic rings. The fourth-order valence-electron chi connectivity index (χ4n) is 6.41. The highest BCUT2D eigenvalue weighted by atomic mass is 35.5. The first-order valence-electron chi connectivity index (χ1n) is 8.85. The van der Waals surface area contributed by atoms with Crippen molar-refractivity contribution in [3.05, 3.63) is 34.0 Å². The Morgan fingerprint density at radius 2 is 1.74 bits per heavy atom. The van der Waals surface area contributed by atoms with Gasteiger partial charge in [-0.2, -0.15) is 0 Å². The van der Waals surface area contributed by atoms with Gasteiger partial charge in [0.25, 0.3) is 0 Å². The summed E-state index contributed by atoms with van der Waals surface area (Å²) in [6.45, 7) is 2.07. The summed E-state index contributed by atoms with van der Waals surface area (Å²) in [6.07, 6.45) is 9.10. The SMILES string of the molecule is Cc1cc(Cl)cc2c(C=O)c(C34CC5CC(CC(C5)C3)C4)[nH]c12. The number of aromatic nitrogens is 1. The van der Waals surface area contributed by atoms with Crippen molar-refractivity contribution >= 4 is 28.8 Å². The summed E-state index contributed by atoms with van der Waals surface area (Å²) in [6, 6.07) is 3.94. The molecule has 0 atom stereocenters. The van der Waals surface area contributed by atoms with Crippen LogP contribution in [0.5, 0.6) is 0 Å². The quantitative estimate of drug-likeness (QED) is 0.735. The third kappa shape index (κ3) is 1.91. The summed E-state index contributed by atoms with van der Waals surface area (Å²) >= 11 is 6.25. The van der Waals surface area contributed by atoms with Crippen LogP contribution in [0.15, 0.2) is 12.1 Å². The summed E-state index contributed by atoms with van der Waals surface area (Å²) in [4.78, 5) is 15.6. The number of fused-ring (bicyclic) bond motifs is 1. The van der Waals surface area contributed by atoms with Crippen LogP contribution in [-0.4, -0.2) is 11.3 Å². The molecule has 0 spiro atoms. The van der Waals surface area contributed by atoms with Crippen molar-refractivity contribution in [3.63, 3.8) is 0 Å². The Hall–Kier alpha value is -1.28. The number of aldehydes is 1. The van der Waals surface area contributed by atoms with E-state index < -0.39 is 0 Å². The molecule has 0 saturated heterocycles. The van der Waals surface area contributed by atoms with Gasteiger partial charge in [-0.15, -0.1) is 0 Å². The molecule has 4 saturated carbocycles. The summed E-state index contributed by atoms with van der Waals surface area (Å²) in [5, 5.41) is 1.73. The van der Waals surface area contributed by atoms with E-state index in [0.29, 0.717) is 5.02 Å². The summed E-state index contributed by atoms with van der Waals surface area (Å²) in [7, 11) is 0. The number of aromatic amines is 1. The van der Waals surface area contributed by atoms with Crippen LogP contribution in [0.1, 0.15) is 60.1 Å². The topological polar surface area (TPSA) is 32.9 Å². The van der Waals surface area contributed by atoms with E-state index in [9.17, 15) is 4.79 Å². The van der Waals surface area contributed by atoms with Crippen molar-refractivity contribution in [3.8, 4) is 0 Å². The lowest BCUT2D eigenvalue weighted by Crippen LogP contribution is -2.49. The van der Waals surface area contributed by atoms with Gasteiger partial charge in [0.2, 0.25) is 0 Å². The van der Waals surface area contributed by atoms with Crippen LogP contribution in [0.25, 0.3) is 10.9 Å². The molecular weight excluding hydrogens is 306 g/mol. The molecule has 2 nitrogen and oxygen atoms in total. The minimum absolute atomic E-state index is 0.211. The van der Waals surface area contributed by atoms with Crippen molar-refractivity contribution in [1.82, 2.24) is 4.98 Å². The van der Waals surface area contributed by atoms with E-state index in [1.807, 2.05) is 12.1 Å². The molecule has 4 aliphatic carbocycles. The standard InChI is InChI=1S/C20H22ClNO/c1-11-2-15(21)6-16-17(10-23)19(22-18(11)16)20-7-12-3-13(8-20)5-14(4-12)9-20/h2,6,10,12-14,22H,3-5,7-9H2,1H3. The van der Waals surface area contributed by atoms with Crippen molar-refractivity contribution in [2.24, 2.45) is 17.8 Å². The number of carbonyl (C=O) groups is 1. The summed E-state index contributed by atoms with van der Waals surface area (Å²) < 4.78 is 0. The second-order valence-corrected chi connectivity index (χ2v) is 8.81. The maximum absolute atomic E-state index is 12.0. The summed E-state index contributed by atoms with van der Waals surface area (Å²) in [5.41, 5.74) is 4.52. The molecule has 4 bridgehead atoms. The van der Waals surface area contributed by atoms with Crippen molar-refractivity contribution in [2.45, 2.75) is 50.9 Å². The number of H-pyrrole nitrogens is 1. The number of rotatable bonds is 2. The number of hydrogen-bond donors (Lipinski definition) is 1. The van der Waals surface area contributed by atoms with E-state index >= 15 is 0 Å². The van der Waals surface area contributed by atoms with Gasteiger partial charge in [0.15, 0.2) is 6.29 Å². The number of carbonyl (C=O) groups excluding carboxylic acids is 1. The zero-order valence-corrected chi connectivity index (χ0v) is 14.2. The molecule has 3 heteroatoms. The van der Waals surface area contributed by atoms with Crippen molar-refractivity contribution in [1.29, 1.82) is 0 Å². The first kappa shape index (κ1) is 14.1. The number of benzene rings is 1. The Balaban J connectivity index is 1.74. The predicted octanol–water partition coefficient (Wildman–Crippen LogP) is 5.41. The van der Waals surface area contributed by atoms with E-state index in [1.54, 1.807) is 0 Å². The van der Waals surface area contributed by atoms with Crippen LogP contribution in [0.3, 0.4) is 0 Å². The maximum atomic E-state index is 12.0. The van der Waals surface area contributed by atoms with Crippen LogP contribution in [0, 0.1) is 24.7 Å². The van der Waals surface area contributed by atoms with Gasteiger partial charge >= 0.3 is 0 Å². The third-order valence-corrected chi connectivity index (χ3v) is 7.01. The molecule has 1 aromatic heterocycles. The molecule has 23 heavy (non-hydrogen) atoms. The predicted molar refractivity (Wildman–Crippen MR) is 93.3 cm³/mol. The number of hydrogen-bond acceptors (Lipinski definition) is 1. The van der Waals surface area contributed by atoms with Gasteiger partial charge < -0.3 is 4.98 Å². The fraction of sp³-hybridized carbons (Fsp3) is 0.550. The minimum Gasteiger partial charge on any atom is -0.357 e. The Labute approximate surface area is 141 Å². The van der Waals surface area contributed by atoms with Crippen LogP contribution in [0.2, 0.25) is 5.02 Å². The highest BCUT2D eigenvalue weighted by Crippen LogP contribution is 2.61. The van der Waals surface area contributed by atoms with Gasteiger partial charge in [-0.1, -0.05) is 11.6 Å². The third-order valence-electron chi connectivity index (χ3n) is 6.80. The molecule has 0 unspecified atom stereocenters. The van der Waals surface area contributed by atoms with Gasteiger partial charge in [0.1, 0.15) is 0 Å². The molecule has 1 N–H and O–H groups in total. The molecule has 120 valence electrons. The van der Waals surface area contributed by atoms with Crippen LogP contribution >= 0.6 is 11.6 Å². The second kappa shape index (κ2) is 4.63. The number of halogens is 1. The highest BCUT2D eigenvalue weighted by Gasteiger charge is 2.53. The van der Waals surface area contributed by atoms with Gasteiger partial charge in [0.05, 0.1) is 0 Å². The van der Waals surface area contributed by atoms with Gasteiger partial charge in [-0.25, -0.2) is 0 Å². The zero-order valence-electron chi connectivity index (χ0n) is 13.5. The van der Waals surface area contributed by atoms with E-state index in [4.69, 9.17) is 11.6 Å². The largest absolute Gasteiger partial charge is 0.357 e.